The minimum Gasteiger partial charge on any atom is -0.312 e. The van der Waals surface area contributed by atoms with Gasteiger partial charge < -0.3 is 4.98 Å². The Hall–Kier alpha value is -1.32. The molecule has 4 heteroatoms. The zero-order valence-electron chi connectivity index (χ0n) is 7.42. The maximum atomic E-state index is 11.4. The van der Waals surface area contributed by atoms with Crippen LogP contribution in [0.4, 0.5) is 0 Å². The summed E-state index contributed by atoms with van der Waals surface area (Å²) in [5.41, 5.74) is 0.189. The molecule has 0 bridgehead atoms. The Labute approximate surface area is 70.2 Å². The number of hydrogen-bond acceptors (Lipinski definition) is 2. The molecule has 0 aliphatic rings. The highest BCUT2D eigenvalue weighted by Crippen LogP contribution is 2.03. The number of carbonyl (C=O) groups excluding carboxylic acids is 1. The molecule has 0 spiro atoms. The Kier molecular flexibility index (Phi) is 2.17. The maximum Gasteiger partial charge on any atom is 0.325 e. The monoisotopic (exact) mass is 168 g/mol. The molecule has 4 nitrogen and oxygen atoms in total. The molecular weight excluding hydrogens is 156 g/mol. The van der Waals surface area contributed by atoms with E-state index in [9.17, 15) is 9.59 Å². The zero-order valence-corrected chi connectivity index (χ0v) is 7.42. The first-order valence-electron chi connectivity index (χ1n) is 3.82. The molecule has 66 valence electrons. The average molecular weight is 168 g/mol. The molecule has 1 rings (SSSR count). The number of ketones is 1. The third-order valence-corrected chi connectivity index (χ3v) is 1.78. The van der Waals surface area contributed by atoms with Crippen LogP contribution in [-0.4, -0.2) is 15.3 Å². The SMILES string of the molecule is CC(C)C(=O)c1c[nH]c(=O)n1C. The van der Waals surface area contributed by atoms with Gasteiger partial charge in [-0.25, -0.2) is 4.79 Å². The Morgan fingerprint density at radius 3 is 2.50 bits per heavy atom. The van der Waals surface area contributed by atoms with Crippen molar-refractivity contribution in [3.63, 3.8) is 0 Å². The second-order valence-electron chi connectivity index (χ2n) is 3.06. The quantitative estimate of drug-likeness (QED) is 0.656. The first-order valence-corrected chi connectivity index (χ1v) is 3.82. The number of nitrogens with zero attached hydrogens (tertiary/aromatic N) is 1. The van der Waals surface area contributed by atoms with Crippen LogP contribution >= 0.6 is 0 Å². The molecule has 0 unspecified atom stereocenters. The van der Waals surface area contributed by atoms with Gasteiger partial charge in [0, 0.05) is 19.2 Å². The van der Waals surface area contributed by atoms with Gasteiger partial charge in [-0.3, -0.25) is 9.36 Å². The van der Waals surface area contributed by atoms with Gasteiger partial charge in [0.1, 0.15) is 5.69 Å². The molecule has 1 aromatic heterocycles. The smallest absolute Gasteiger partial charge is 0.312 e. The van der Waals surface area contributed by atoms with Crippen molar-refractivity contribution in [1.82, 2.24) is 9.55 Å². The van der Waals surface area contributed by atoms with Gasteiger partial charge >= 0.3 is 5.69 Å². The van der Waals surface area contributed by atoms with Crippen LogP contribution in [-0.2, 0) is 7.05 Å². The molecule has 0 aliphatic carbocycles. The molecule has 0 aliphatic heterocycles. The van der Waals surface area contributed by atoms with E-state index in [0.29, 0.717) is 5.69 Å². The van der Waals surface area contributed by atoms with E-state index < -0.39 is 0 Å². The molecule has 1 N–H and O–H groups in total. The van der Waals surface area contributed by atoms with Crippen LogP contribution in [0.1, 0.15) is 24.3 Å². The van der Waals surface area contributed by atoms with Crippen molar-refractivity contribution < 1.29 is 4.79 Å². The van der Waals surface area contributed by atoms with Crippen molar-refractivity contribution in [2.24, 2.45) is 13.0 Å². The lowest BCUT2D eigenvalue weighted by molar-refractivity contribution is 0.0931. The van der Waals surface area contributed by atoms with E-state index in [2.05, 4.69) is 4.98 Å². The number of imidazole rings is 1. The second kappa shape index (κ2) is 2.97. The Morgan fingerprint density at radius 2 is 2.17 bits per heavy atom. The summed E-state index contributed by atoms with van der Waals surface area (Å²) < 4.78 is 1.32. The van der Waals surface area contributed by atoms with Crippen LogP contribution in [0, 0.1) is 5.92 Å². The lowest BCUT2D eigenvalue weighted by atomic mass is 10.1. The zero-order chi connectivity index (χ0) is 9.30. The highest BCUT2D eigenvalue weighted by atomic mass is 16.2. The van der Waals surface area contributed by atoms with E-state index in [1.165, 1.54) is 10.8 Å². The first-order chi connectivity index (χ1) is 5.54. The van der Waals surface area contributed by atoms with E-state index in [1.54, 1.807) is 20.9 Å². The average Bonchev–Trinajstić information content (AvgIpc) is 2.32. The fourth-order valence-electron chi connectivity index (χ4n) is 0.965. The third-order valence-electron chi connectivity index (χ3n) is 1.78. The van der Waals surface area contributed by atoms with Crippen molar-refractivity contribution in [3.8, 4) is 0 Å². The summed E-state index contributed by atoms with van der Waals surface area (Å²) in [6.45, 7) is 3.61. The van der Waals surface area contributed by atoms with E-state index in [0.717, 1.165) is 0 Å². The summed E-state index contributed by atoms with van der Waals surface area (Å²) >= 11 is 0. The molecule has 0 fully saturated rings. The summed E-state index contributed by atoms with van der Waals surface area (Å²) in [5.74, 6) is -0.0951. The van der Waals surface area contributed by atoms with Gasteiger partial charge in [0.25, 0.3) is 0 Å². The molecule has 0 amide bonds. The number of aromatic nitrogens is 2. The number of hydrogen-bond donors (Lipinski definition) is 1. The third kappa shape index (κ3) is 1.32. The van der Waals surface area contributed by atoms with Gasteiger partial charge in [-0.1, -0.05) is 13.8 Å². The predicted octanol–water partition coefficient (Wildman–Crippen LogP) is 0.552. The van der Waals surface area contributed by atoms with Crippen molar-refractivity contribution in [3.05, 3.63) is 22.4 Å². The number of carbonyl (C=O) groups is 1. The predicted molar refractivity (Wildman–Crippen MR) is 45.2 cm³/mol. The summed E-state index contributed by atoms with van der Waals surface area (Å²) in [6, 6.07) is 0. The summed E-state index contributed by atoms with van der Waals surface area (Å²) in [5, 5.41) is 0. The molecule has 0 saturated carbocycles. The Balaban J connectivity index is 3.12. The van der Waals surface area contributed by atoms with Crippen LogP contribution in [0.3, 0.4) is 0 Å². The molecule has 12 heavy (non-hydrogen) atoms. The number of rotatable bonds is 2. The molecule has 0 radical (unpaired) electrons. The number of Topliss-reactive ketones (excluding diaryl/α,β-unsaturated/α-hetero) is 1. The van der Waals surface area contributed by atoms with Crippen LogP contribution in [0.2, 0.25) is 0 Å². The molecule has 1 aromatic rings. The minimum absolute atomic E-state index is 0.0177. The topological polar surface area (TPSA) is 54.9 Å². The normalized spacial score (nSPS) is 10.7. The molecule has 0 aromatic carbocycles. The van der Waals surface area contributed by atoms with Crippen LogP contribution in [0.5, 0.6) is 0 Å². The van der Waals surface area contributed by atoms with Crippen molar-refractivity contribution in [1.29, 1.82) is 0 Å². The second-order valence-corrected chi connectivity index (χ2v) is 3.06. The Morgan fingerprint density at radius 1 is 1.58 bits per heavy atom. The molecule has 0 atom stereocenters. The van der Waals surface area contributed by atoms with Gasteiger partial charge in [0.2, 0.25) is 0 Å². The van der Waals surface area contributed by atoms with E-state index in [4.69, 9.17) is 0 Å². The summed E-state index contributed by atoms with van der Waals surface area (Å²) in [4.78, 5) is 24.8. The lowest BCUT2D eigenvalue weighted by Crippen LogP contribution is -2.19. The van der Waals surface area contributed by atoms with Crippen LogP contribution in [0.15, 0.2) is 11.0 Å². The van der Waals surface area contributed by atoms with E-state index >= 15 is 0 Å². The van der Waals surface area contributed by atoms with Gasteiger partial charge in [-0.2, -0.15) is 0 Å². The van der Waals surface area contributed by atoms with E-state index in [-0.39, 0.29) is 17.4 Å². The fraction of sp³-hybridized carbons (Fsp3) is 0.500. The minimum atomic E-state index is -0.251. The highest BCUT2D eigenvalue weighted by Gasteiger charge is 2.14. The number of aromatic amines is 1. The summed E-state index contributed by atoms with van der Waals surface area (Å²) in [7, 11) is 1.58. The molecule has 0 saturated heterocycles. The van der Waals surface area contributed by atoms with Crippen molar-refractivity contribution in [2.75, 3.05) is 0 Å². The standard InChI is InChI=1S/C8H12N2O2/c1-5(2)7(11)6-4-9-8(12)10(6)3/h4-5H,1-3H3,(H,9,12). The maximum absolute atomic E-state index is 11.4. The van der Waals surface area contributed by atoms with Crippen molar-refractivity contribution in [2.45, 2.75) is 13.8 Å². The molecular formula is C8H12N2O2. The fourth-order valence-corrected chi connectivity index (χ4v) is 0.965. The van der Waals surface area contributed by atoms with Gasteiger partial charge in [-0.05, 0) is 0 Å². The van der Waals surface area contributed by atoms with E-state index in [1.807, 2.05) is 0 Å². The molecule has 1 heterocycles. The van der Waals surface area contributed by atoms with Crippen LogP contribution < -0.4 is 5.69 Å². The van der Waals surface area contributed by atoms with Crippen LogP contribution in [0.25, 0.3) is 0 Å². The number of nitrogens with one attached hydrogen (secondary N) is 1. The largest absolute Gasteiger partial charge is 0.325 e. The van der Waals surface area contributed by atoms with Gasteiger partial charge in [-0.15, -0.1) is 0 Å². The summed E-state index contributed by atoms with van der Waals surface area (Å²) in [6.07, 6.45) is 1.45. The van der Waals surface area contributed by atoms with Gasteiger partial charge in [0.15, 0.2) is 5.78 Å². The van der Waals surface area contributed by atoms with Gasteiger partial charge in [0.05, 0.1) is 0 Å². The highest BCUT2D eigenvalue weighted by molar-refractivity contribution is 5.95. The first kappa shape index (κ1) is 8.77. The van der Waals surface area contributed by atoms with Crippen molar-refractivity contribution >= 4 is 5.78 Å². The Bertz CT molecular complexity index is 346. The lowest BCUT2D eigenvalue weighted by Gasteiger charge is -2.02. The number of H-pyrrole nitrogens is 1.